The van der Waals surface area contributed by atoms with Crippen LogP contribution in [0.2, 0.25) is 0 Å². The van der Waals surface area contributed by atoms with Gasteiger partial charge in [0.05, 0.1) is 14.2 Å². The Balaban J connectivity index is 1.50. The second-order valence-corrected chi connectivity index (χ2v) is 6.36. The van der Waals surface area contributed by atoms with E-state index in [9.17, 15) is 9.59 Å². The van der Waals surface area contributed by atoms with Crippen LogP contribution in [0.4, 0.5) is 0 Å². The van der Waals surface area contributed by atoms with Crippen molar-refractivity contribution in [1.82, 2.24) is 20.6 Å². The summed E-state index contributed by atoms with van der Waals surface area (Å²) in [6.45, 7) is 0.764. The zero-order chi connectivity index (χ0) is 21.3. The first-order valence-corrected chi connectivity index (χ1v) is 9.23. The molecule has 2 aromatic heterocycles. The number of amides is 2. The van der Waals surface area contributed by atoms with Gasteiger partial charge in [-0.15, -0.1) is 0 Å². The number of benzene rings is 1. The predicted octanol–water partition coefficient (Wildman–Crippen LogP) is 2.35. The van der Waals surface area contributed by atoms with Crippen molar-refractivity contribution in [2.75, 3.05) is 14.2 Å². The van der Waals surface area contributed by atoms with Gasteiger partial charge in [-0.25, -0.2) is 9.97 Å². The third-order valence-corrected chi connectivity index (χ3v) is 4.34. The molecule has 0 radical (unpaired) electrons. The van der Waals surface area contributed by atoms with Gasteiger partial charge in [-0.1, -0.05) is 24.3 Å². The van der Waals surface area contributed by atoms with E-state index in [0.717, 1.165) is 11.1 Å². The molecule has 154 valence electrons. The molecule has 8 nitrogen and oxygen atoms in total. The van der Waals surface area contributed by atoms with Gasteiger partial charge in [-0.2, -0.15) is 0 Å². The van der Waals surface area contributed by atoms with E-state index in [0.29, 0.717) is 36.0 Å². The molecular formula is C22H22N4O4. The molecule has 0 saturated carbocycles. The van der Waals surface area contributed by atoms with Crippen molar-refractivity contribution in [2.24, 2.45) is 0 Å². The molecule has 0 fully saturated rings. The van der Waals surface area contributed by atoms with Gasteiger partial charge in [0.15, 0.2) is 0 Å². The Kier molecular flexibility index (Phi) is 6.94. The molecule has 3 aromatic rings. The van der Waals surface area contributed by atoms with E-state index in [-0.39, 0.29) is 11.8 Å². The van der Waals surface area contributed by atoms with Crippen molar-refractivity contribution in [3.63, 3.8) is 0 Å². The minimum atomic E-state index is -0.209. The average molecular weight is 406 g/mol. The normalized spacial score (nSPS) is 10.2. The van der Waals surface area contributed by atoms with Crippen molar-refractivity contribution >= 4 is 11.8 Å². The maximum atomic E-state index is 12.3. The SMILES string of the molecule is COc1cc(C(=O)NCc2ccc(CNC(=O)c3ccnc(OC)c3)cc2)ccn1. The van der Waals surface area contributed by atoms with Crippen LogP contribution in [-0.2, 0) is 13.1 Å². The van der Waals surface area contributed by atoms with Gasteiger partial charge in [-0.3, -0.25) is 9.59 Å². The number of rotatable bonds is 8. The van der Waals surface area contributed by atoms with Crippen LogP contribution in [-0.4, -0.2) is 36.0 Å². The number of aromatic nitrogens is 2. The molecule has 8 heteroatoms. The highest BCUT2D eigenvalue weighted by molar-refractivity contribution is 5.94. The summed E-state index contributed by atoms with van der Waals surface area (Å²) in [7, 11) is 3.00. The average Bonchev–Trinajstić information content (AvgIpc) is 2.81. The summed E-state index contributed by atoms with van der Waals surface area (Å²) in [5, 5.41) is 5.72. The third kappa shape index (κ3) is 5.54. The van der Waals surface area contributed by atoms with E-state index < -0.39 is 0 Å². The highest BCUT2D eigenvalue weighted by Gasteiger charge is 2.08. The number of nitrogens with zero attached hydrogens (tertiary/aromatic N) is 2. The Labute approximate surface area is 174 Å². The molecule has 1 aromatic carbocycles. The van der Waals surface area contributed by atoms with Crippen LogP contribution >= 0.6 is 0 Å². The van der Waals surface area contributed by atoms with E-state index in [1.54, 1.807) is 24.3 Å². The summed E-state index contributed by atoms with van der Waals surface area (Å²) < 4.78 is 10.1. The lowest BCUT2D eigenvalue weighted by Crippen LogP contribution is -2.23. The molecule has 2 N–H and O–H groups in total. The van der Waals surface area contributed by atoms with Gasteiger partial charge in [0.2, 0.25) is 11.8 Å². The number of carbonyl (C=O) groups is 2. The first-order valence-electron chi connectivity index (χ1n) is 9.23. The summed E-state index contributed by atoms with van der Waals surface area (Å²) in [6.07, 6.45) is 3.05. The molecular weight excluding hydrogens is 384 g/mol. The standard InChI is InChI=1S/C22H22N4O4/c1-29-19-11-17(7-9-23-19)21(27)25-13-15-3-5-16(6-4-15)14-26-22(28)18-8-10-24-20(12-18)30-2/h3-12H,13-14H2,1-2H3,(H,25,27)(H,26,28). The van der Waals surface area contributed by atoms with Gasteiger partial charge in [0.25, 0.3) is 11.8 Å². The summed E-state index contributed by atoms with van der Waals surface area (Å²) in [4.78, 5) is 32.5. The van der Waals surface area contributed by atoms with Crippen molar-refractivity contribution < 1.29 is 19.1 Å². The lowest BCUT2D eigenvalue weighted by atomic mass is 10.1. The molecule has 0 unspecified atom stereocenters. The van der Waals surface area contributed by atoms with Crippen LogP contribution in [0.25, 0.3) is 0 Å². The van der Waals surface area contributed by atoms with E-state index >= 15 is 0 Å². The number of pyridine rings is 2. The van der Waals surface area contributed by atoms with Gasteiger partial charge < -0.3 is 20.1 Å². The summed E-state index contributed by atoms with van der Waals surface area (Å²) in [5.74, 6) is 0.359. The molecule has 0 atom stereocenters. The van der Waals surface area contributed by atoms with E-state index in [2.05, 4.69) is 20.6 Å². The summed E-state index contributed by atoms with van der Waals surface area (Å²) in [6, 6.07) is 14.0. The van der Waals surface area contributed by atoms with Gasteiger partial charge >= 0.3 is 0 Å². The molecule has 30 heavy (non-hydrogen) atoms. The van der Waals surface area contributed by atoms with Crippen LogP contribution in [0.3, 0.4) is 0 Å². The van der Waals surface area contributed by atoms with Crippen molar-refractivity contribution in [1.29, 1.82) is 0 Å². The Hall–Kier alpha value is -3.94. The monoisotopic (exact) mass is 406 g/mol. The van der Waals surface area contributed by atoms with Gasteiger partial charge in [-0.05, 0) is 23.3 Å². The number of hydrogen-bond donors (Lipinski definition) is 2. The van der Waals surface area contributed by atoms with E-state index in [4.69, 9.17) is 9.47 Å². The molecule has 0 spiro atoms. The number of nitrogens with one attached hydrogen (secondary N) is 2. The molecule has 2 amide bonds. The second-order valence-electron chi connectivity index (χ2n) is 6.36. The zero-order valence-corrected chi connectivity index (χ0v) is 16.7. The molecule has 0 aliphatic rings. The molecule has 0 saturated heterocycles. The molecule has 0 bridgehead atoms. The molecule has 0 aliphatic carbocycles. The van der Waals surface area contributed by atoms with Crippen LogP contribution < -0.4 is 20.1 Å². The maximum Gasteiger partial charge on any atom is 0.251 e. The highest BCUT2D eigenvalue weighted by atomic mass is 16.5. The Morgan fingerprint density at radius 1 is 0.733 bits per heavy atom. The molecule has 2 heterocycles. The predicted molar refractivity (Wildman–Crippen MR) is 110 cm³/mol. The number of ether oxygens (including phenoxy) is 2. The highest BCUT2D eigenvalue weighted by Crippen LogP contribution is 2.11. The smallest absolute Gasteiger partial charge is 0.251 e. The fourth-order valence-electron chi connectivity index (χ4n) is 2.67. The van der Waals surface area contributed by atoms with E-state index in [1.807, 2.05) is 24.3 Å². The largest absolute Gasteiger partial charge is 0.481 e. The Bertz CT molecular complexity index is 939. The summed E-state index contributed by atoms with van der Waals surface area (Å²) in [5.41, 5.74) is 2.85. The van der Waals surface area contributed by atoms with Crippen molar-refractivity contribution in [3.8, 4) is 11.8 Å². The lowest BCUT2D eigenvalue weighted by Gasteiger charge is -2.09. The minimum absolute atomic E-state index is 0.209. The number of methoxy groups -OCH3 is 2. The zero-order valence-electron chi connectivity index (χ0n) is 16.7. The first-order chi connectivity index (χ1) is 14.6. The van der Waals surface area contributed by atoms with E-state index in [1.165, 1.54) is 26.6 Å². The summed E-state index contributed by atoms with van der Waals surface area (Å²) >= 11 is 0. The third-order valence-electron chi connectivity index (χ3n) is 4.34. The van der Waals surface area contributed by atoms with Crippen LogP contribution in [0, 0.1) is 0 Å². The topological polar surface area (TPSA) is 102 Å². The van der Waals surface area contributed by atoms with Gasteiger partial charge in [0.1, 0.15) is 0 Å². The Morgan fingerprint density at radius 3 is 1.50 bits per heavy atom. The quantitative estimate of drug-likeness (QED) is 0.595. The second kappa shape index (κ2) is 10.0. The van der Waals surface area contributed by atoms with Crippen molar-refractivity contribution in [3.05, 3.63) is 83.2 Å². The maximum absolute atomic E-state index is 12.3. The fourth-order valence-corrected chi connectivity index (χ4v) is 2.67. The number of carbonyl (C=O) groups excluding carboxylic acids is 2. The molecule has 3 rings (SSSR count). The minimum Gasteiger partial charge on any atom is -0.481 e. The Morgan fingerprint density at radius 2 is 1.13 bits per heavy atom. The van der Waals surface area contributed by atoms with Crippen LogP contribution in [0.5, 0.6) is 11.8 Å². The number of hydrogen-bond acceptors (Lipinski definition) is 6. The van der Waals surface area contributed by atoms with Crippen molar-refractivity contribution in [2.45, 2.75) is 13.1 Å². The lowest BCUT2D eigenvalue weighted by molar-refractivity contribution is 0.0942. The van der Waals surface area contributed by atoms with Gasteiger partial charge in [0, 0.05) is 48.7 Å². The molecule has 0 aliphatic heterocycles. The van der Waals surface area contributed by atoms with Crippen LogP contribution in [0.1, 0.15) is 31.8 Å². The first kappa shape index (κ1) is 20.8. The van der Waals surface area contributed by atoms with Crippen LogP contribution in [0.15, 0.2) is 60.9 Å². The fraction of sp³-hybridized carbons (Fsp3) is 0.182.